The van der Waals surface area contributed by atoms with Crippen LogP contribution in [0.5, 0.6) is 0 Å². The SMILES string of the molecule is Cc1ncsc1CNCC(C)(C)O. The zero-order chi connectivity index (χ0) is 9.90. The second-order valence-corrected chi connectivity index (χ2v) is 4.72. The zero-order valence-electron chi connectivity index (χ0n) is 8.29. The minimum Gasteiger partial charge on any atom is -0.389 e. The lowest BCUT2D eigenvalue weighted by Crippen LogP contribution is -2.34. The summed E-state index contributed by atoms with van der Waals surface area (Å²) >= 11 is 1.64. The average Bonchev–Trinajstić information content (AvgIpc) is 2.34. The Hall–Kier alpha value is -0.450. The molecule has 0 aromatic carbocycles. The van der Waals surface area contributed by atoms with Crippen molar-refractivity contribution in [2.75, 3.05) is 6.54 Å². The quantitative estimate of drug-likeness (QED) is 0.770. The predicted octanol–water partition coefficient (Wildman–Crippen LogP) is 1.31. The summed E-state index contributed by atoms with van der Waals surface area (Å²) in [5, 5.41) is 12.6. The van der Waals surface area contributed by atoms with Gasteiger partial charge in [-0.05, 0) is 20.8 Å². The van der Waals surface area contributed by atoms with Crippen LogP contribution in [0.3, 0.4) is 0 Å². The second kappa shape index (κ2) is 4.17. The molecule has 2 N–H and O–H groups in total. The predicted molar refractivity (Wildman–Crippen MR) is 54.9 cm³/mol. The van der Waals surface area contributed by atoms with Gasteiger partial charge in [-0.1, -0.05) is 0 Å². The van der Waals surface area contributed by atoms with Crippen LogP contribution in [-0.4, -0.2) is 22.2 Å². The summed E-state index contributed by atoms with van der Waals surface area (Å²) < 4.78 is 0. The molecule has 0 aliphatic heterocycles. The van der Waals surface area contributed by atoms with Crippen LogP contribution in [0.15, 0.2) is 5.51 Å². The number of thiazole rings is 1. The Kier molecular flexibility index (Phi) is 3.41. The van der Waals surface area contributed by atoms with E-state index in [0.29, 0.717) is 6.54 Å². The first-order chi connectivity index (χ1) is 5.99. The van der Waals surface area contributed by atoms with Crippen LogP contribution in [0.4, 0.5) is 0 Å². The monoisotopic (exact) mass is 200 g/mol. The molecule has 1 aromatic heterocycles. The molecule has 13 heavy (non-hydrogen) atoms. The standard InChI is InChI=1S/C9H16N2OS/c1-7-8(13-6-11-7)4-10-5-9(2,3)12/h6,10,12H,4-5H2,1-3H3. The lowest BCUT2D eigenvalue weighted by molar-refractivity contribution is 0.0795. The normalized spacial score (nSPS) is 12.0. The Balaban J connectivity index is 2.32. The fraction of sp³-hybridized carbons (Fsp3) is 0.667. The first-order valence-corrected chi connectivity index (χ1v) is 5.19. The number of hydrogen-bond donors (Lipinski definition) is 2. The number of hydrogen-bond acceptors (Lipinski definition) is 4. The highest BCUT2D eigenvalue weighted by atomic mass is 32.1. The Bertz CT molecular complexity index is 265. The van der Waals surface area contributed by atoms with Gasteiger partial charge in [0.25, 0.3) is 0 Å². The summed E-state index contributed by atoms with van der Waals surface area (Å²) in [5.74, 6) is 0. The van der Waals surface area contributed by atoms with Gasteiger partial charge in [-0.25, -0.2) is 4.98 Å². The van der Waals surface area contributed by atoms with Crippen molar-refractivity contribution in [2.24, 2.45) is 0 Å². The summed E-state index contributed by atoms with van der Waals surface area (Å²) in [5.41, 5.74) is 2.28. The Labute approximate surface area is 82.8 Å². The molecule has 1 aromatic rings. The summed E-state index contributed by atoms with van der Waals surface area (Å²) in [6.07, 6.45) is 0. The largest absolute Gasteiger partial charge is 0.389 e. The molecule has 1 rings (SSSR count). The van der Waals surface area contributed by atoms with Gasteiger partial charge in [-0.2, -0.15) is 0 Å². The number of nitrogens with zero attached hydrogens (tertiary/aromatic N) is 1. The van der Waals surface area contributed by atoms with Crippen molar-refractivity contribution in [3.8, 4) is 0 Å². The number of aromatic nitrogens is 1. The molecule has 0 saturated heterocycles. The van der Waals surface area contributed by atoms with Crippen LogP contribution in [-0.2, 0) is 6.54 Å². The second-order valence-electron chi connectivity index (χ2n) is 3.78. The fourth-order valence-electron chi connectivity index (χ4n) is 0.978. The molecular weight excluding hydrogens is 184 g/mol. The average molecular weight is 200 g/mol. The summed E-state index contributed by atoms with van der Waals surface area (Å²) in [7, 11) is 0. The molecule has 0 radical (unpaired) electrons. The highest BCUT2D eigenvalue weighted by Crippen LogP contribution is 2.11. The topological polar surface area (TPSA) is 45.2 Å². The molecule has 0 bridgehead atoms. The van der Waals surface area contributed by atoms with E-state index in [1.54, 1.807) is 25.2 Å². The molecule has 0 spiro atoms. The van der Waals surface area contributed by atoms with Gasteiger partial charge >= 0.3 is 0 Å². The van der Waals surface area contributed by atoms with E-state index in [2.05, 4.69) is 10.3 Å². The van der Waals surface area contributed by atoms with E-state index in [-0.39, 0.29) is 0 Å². The van der Waals surface area contributed by atoms with Gasteiger partial charge in [0.05, 0.1) is 16.8 Å². The fourth-order valence-corrected chi connectivity index (χ4v) is 1.72. The van der Waals surface area contributed by atoms with Crippen LogP contribution in [0.1, 0.15) is 24.4 Å². The van der Waals surface area contributed by atoms with Gasteiger partial charge in [0.15, 0.2) is 0 Å². The van der Waals surface area contributed by atoms with Crippen molar-refractivity contribution in [2.45, 2.75) is 32.9 Å². The first-order valence-electron chi connectivity index (χ1n) is 4.31. The third-order valence-electron chi connectivity index (χ3n) is 1.69. The van der Waals surface area contributed by atoms with Crippen LogP contribution in [0, 0.1) is 6.92 Å². The van der Waals surface area contributed by atoms with E-state index in [1.807, 2.05) is 12.4 Å². The molecule has 0 aliphatic carbocycles. The highest BCUT2D eigenvalue weighted by molar-refractivity contribution is 7.09. The Morgan fingerprint density at radius 2 is 2.31 bits per heavy atom. The molecule has 3 nitrogen and oxygen atoms in total. The molecule has 0 fully saturated rings. The van der Waals surface area contributed by atoms with Crippen molar-refractivity contribution >= 4 is 11.3 Å². The first kappa shape index (κ1) is 10.6. The third-order valence-corrected chi connectivity index (χ3v) is 2.62. The lowest BCUT2D eigenvalue weighted by Gasteiger charge is -2.17. The van der Waals surface area contributed by atoms with Crippen molar-refractivity contribution in [1.82, 2.24) is 10.3 Å². The van der Waals surface area contributed by atoms with Crippen molar-refractivity contribution in [3.05, 3.63) is 16.1 Å². The Morgan fingerprint density at radius 1 is 1.62 bits per heavy atom. The van der Waals surface area contributed by atoms with Gasteiger partial charge in [0, 0.05) is 18.0 Å². The number of rotatable bonds is 4. The zero-order valence-corrected chi connectivity index (χ0v) is 9.11. The van der Waals surface area contributed by atoms with E-state index in [1.165, 1.54) is 4.88 Å². The molecule has 0 unspecified atom stereocenters. The maximum atomic E-state index is 9.44. The van der Waals surface area contributed by atoms with E-state index in [0.717, 1.165) is 12.2 Å². The molecule has 0 saturated carbocycles. The molecule has 0 amide bonds. The molecular formula is C9H16N2OS. The van der Waals surface area contributed by atoms with Crippen molar-refractivity contribution in [3.63, 3.8) is 0 Å². The van der Waals surface area contributed by atoms with Crippen molar-refractivity contribution in [1.29, 1.82) is 0 Å². The number of aliphatic hydroxyl groups is 1. The summed E-state index contributed by atoms with van der Waals surface area (Å²) in [4.78, 5) is 5.39. The molecule has 4 heteroatoms. The van der Waals surface area contributed by atoms with Gasteiger partial charge < -0.3 is 10.4 Å². The van der Waals surface area contributed by atoms with Crippen LogP contribution in [0.2, 0.25) is 0 Å². The van der Waals surface area contributed by atoms with Crippen LogP contribution < -0.4 is 5.32 Å². The Morgan fingerprint density at radius 3 is 2.77 bits per heavy atom. The van der Waals surface area contributed by atoms with Crippen LogP contribution >= 0.6 is 11.3 Å². The maximum absolute atomic E-state index is 9.44. The van der Waals surface area contributed by atoms with Crippen molar-refractivity contribution < 1.29 is 5.11 Å². The van der Waals surface area contributed by atoms with Crippen LogP contribution in [0.25, 0.3) is 0 Å². The highest BCUT2D eigenvalue weighted by Gasteiger charge is 2.11. The van der Waals surface area contributed by atoms with Gasteiger partial charge in [-0.15, -0.1) is 11.3 Å². The summed E-state index contributed by atoms with van der Waals surface area (Å²) in [6, 6.07) is 0. The van der Waals surface area contributed by atoms with Gasteiger partial charge in [-0.3, -0.25) is 0 Å². The molecule has 1 heterocycles. The maximum Gasteiger partial charge on any atom is 0.0798 e. The molecule has 0 atom stereocenters. The number of nitrogens with one attached hydrogen (secondary N) is 1. The molecule has 74 valence electrons. The van der Waals surface area contributed by atoms with Gasteiger partial charge in [0.1, 0.15) is 0 Å². The smallest absolute Gasteiger partial charge is 0.0798 e. The van der Waals surface area contributed by atoms with E-state index >= 15 is 0 Å². The van der Waals surface area contributed by atoms with E-state index in [9.17, 15) is 5.11 Å². The van der Waals surface area contributed by atoms with Gasteiger partial charge in [0.2, 0.25) is 0 Å². The third kappa shape index (κ3) is 3.85. The minimum absolute atomic E-state index is 0.602. The lowest BCUT2D eigenvalue weighted by atomic mass is 10.1. The van der Waals surface area contributed by atoms with E-state index < -0.39 is 5.60 Å². The van der Waals surface area contributed by atoms with E-state index in [4.69, 9.17) is 0 Å². The minimum atomic E-state index is -0.640. The number of aryl methyl sites for hydroxylation is 1. The summed E-state index contributed by atoms with van der Waals surface area (Å²) in [6.45, 7) is 6.97. The molecule has 0 aliphatic rings.